The molecule has 1 aromatic carbocycles. The maximum Gasteiger partial charge on any atom is 0.446 e. The molecule has 0 spiro atoms. The van der Waals surface area contributed by atoms with Gasteiger partial charge in [-0.2, -0.15) is 13.2 Å². The molecule has 2 nitrogen and oxygen atoms in total. The van der Waals surface area contributed by atoms with Gasteiger partial charge < -0.3 is 5.32 Å². The van der Waals surface area contributed by atoms with E-state index in [0.717, 1.165) is 18.4 Å². The Labute approximate surface area is 120 Å². The van der Waals surface area contributed by atoms with Gasteiger partial charge in [0.25, 0.3) is 0 Å². The third kappa shape index (κ3) is 3.91. The van der Waals surface area contributed by atoms with Gasteiger partial charge in [-0.3, -0.25) is 4.79 Å². The summed E-state index contributed by atoms with van der Waals surface area (Å²) >= 11 is -0.112. The first-order chi connectivity index (χ1) is 9.32. The molecule has 1 aliphatic rings. The monoisotopic (exact) mass is 303 g/mol. The summed E-state index contributed by atoms with van der Waals surface area (Å²) in [7, 11) is 0. The van der Waals surface area contributed by atoms with Crippen LogP contribution in [0, 0.1) is 0 Å². The predicted octanol–water partition coefficient (Wildman–Crippen LogP) is 3.90. The molecule has 0 bridgehead atoms. The number of carbonyl (C=O) groups excluding carboxylic acids is 1. The van der Waals surface area contributed by atoms with Crippen molar-refractivity contribution in [3.05, 3.63) is 29.8 Å². The molecule has 1 atom stereocenters. The third-order valence-electron chi connectivity index (χ3n) is 3.61. The lowest BCUT2D eigenvalue weighted by atomic mass is 9.87. The number of rotatable bonds is 4. The summed E-state index contributed by atoms with van der Waals surface area (Å²) in [6.07, 6.45) is 2.78. The first kappa shape index (κ1) is 15.2. The number of carbonyl (C=O) groups is 1. The van der Waals surface area contributed by atoms with E-state index in [1.165, 1.54) is 12.1 Å². The summed E-state index contributed by atoms with van der Waals surface area (Å²) in [6.45, 7) is 2.01. The molecule has 1 N–H and O–H groups in total. The number of thioether (sulfide) groups is 1. The fourth-order valence-electron chi connectivity index (χ4n) is 2.50. The first-order valence-corrected chi connectivity index (χ1v) is 7.29. The normalized spacial score (nSPS) is 22.9. The molecule has 1 unspecified atom stereocenters. The minimum absolute atomic E-state index is 0.0519. The molecular weight excluding hydrogens is 287 g/mol. The van der Waals surface area contributed by atoms with E-state index in [1.807, 2.05) is 6.92 Å². The van der Waals surface area contributed by atoms with Crippen LogP contribution in [0.2, 0.25) is 0 Å². The van der Waals surface area contributed by atoms with Gasteiger partial charge in [-0.1, -0.05) is 19.1 Å². The van der Waals surface area contributed by atoms with Gasteiger partial charge in [0.15, 0.2) is 0 Å². The first-order valence-electron chi connectivity index (χ1n) is 6.48. The van der Waals surface area contributed by atoms with Crippen molar-refractivity contribution >= 4 is 17.7 Å². The maximum absolute atomic E-state index is 12.2. The van der Waals surface area contributed by atoms with Crippen molar-refractivity contribution in [1.29, 1.82) is 0 Å². The van der Waals surface area contributed by atoms with Crippen molar-refractivity contribution in [1.82, 2.24) is 5.32 Å². The van der Waals surface area contributed by atoms with E-state index in [1.54, 1.807) is 12.1 Å². The van der Waals surface area contributed by atoms with E-state index in [2.05, 4.69) is 5.32 Å². The molecule has 110 valence electrons. The fraction of sp³-hybridized carbons (Fsp3) is 0.500. The zero-order valence-electron chi connectivity index (χ0n) is 11.1. The Morgan fingerprint density at radius 1 is 1.30 bits per heavy atom. The van der Waals surface area contributed by atoms with Crippen LogP contribution in [0.4, 0.5) is 13.2 Å². The predicted molar refractivity (Wildman–Crippen MR) is 72.5 cm³/mol. The summed E-state index contributed by atoms with van der Waals surface area (Å²) in [5.41, 5.74) is -3.55. The van der Waals surface area contributed by atoms with Crippen LogP contribution in [0.3, 0.4) is 0 Å². The maximum atomic E-state index is 12.2. The lowest BCUT2D eigenvalue weighted by Crippen LogP contribution is -2.42. The largest absolute Gasteiger partial charge is 0.446 e. The molecule has 0 saturated carbocycles. The molecule has 1 heterocycles. The number of halogens is 3. The highest BCUT2D eigenvalue weighted by atomic mass is 32.2. The second kappa shape index (κ2) is 5.68. The van der Waals surface area contributed by atoms with E-state index in [0.29, 0.717) is 12.8 Å². The molecule has 1 aliphatic heterocycles. The summed E-state index contributed by atoms with van der Waals surface area (Å²) in [4.78, 5) is 11.6. The topological polar surface area (TPSA) is 29.1 Å². The number of nitrogens with one attached hydrogen (secondary N) is 1. The average molecular weight is 303 g/mol. The second-order valence-corrected chi connectivity index (χ2v) is 6.19. The molecule has 0 aliphatic carbocycles. The number of benzene rings is 1. The van der Waals surface area contributed by atoms with Crippen molar-refractivity contribution < 1.29 is 18.0 Å². The Balaban J connectivity index is 2.05. The molecule has 1 amide bonds. The lowest BCUT2D eigenvalue weighted by molar-refractivity contribution is -0.119. The zero-order chi connectivity index (χ0) is 14.8. The van der Waals surface area contributed by atoms with Crippen LogP contribution in [0.1, 0.15) is 31.7 Å². The van der Waals surface area contributed by atoms with Crippen molar-refractivity contribution in [3.63, 3.8) is 0 Å². The fourth-order valence-corrected chi connectivity index (χ4v) is 3.04. The smallest absolute Gasteiger partial charge is 0.350 e. The molecular formula is C14H16F3NOS. The minimum atomic E-state index is -4.26. The van der Waals surface area contributed by atoms with Crippen LogP contribution in [0.5, 0.6) is 0 Å². The zero-order valence-corrected chi connectivity index (χ0v) is 11.9. The van der Waals surface area contributed by atoms with Gasteiger partial charge in [0.1, 0.15) is 0 Å². The van der Waals surface area contributed by atoms with Gasteiger partial charge in [-0.05, 0) is 48.7 Å². The van der Waals surface area contributed by atoms with E-state index < -0.39 is 5.51 Å². The van der Waals surface area contributed by atoms with Gasteiger partial charge >= 0.3 is 5.51 Å². The molecule has 6 heteroatoms. The summed E-state index contributed by atoms with van der Waals surface area (Å²) in [5, 5.41) is 2.99. The average Bonchev–Trinajstić information content (AvgIpc) is 2.72. The van der Waals surface area contributed by atoms with E-state index in [9.17, 15) is 18.0 Å². The molecule has 0 radical (unpaired) electrons. The Kier molecular flexibility index (Phi) is 4.32. The van der Waals surface area contributed by atoms with Crippen LogP contribution < -0.4 is 5.32 Å². The van der Waals surface area contributed by atoms with Crippen molar-refractivity contribution in [2.24, 2.45) is 0 Å². The van der Waals surface area contributed by atoms with E-state index in [4.69, 9.17) is 0 Å². The highest BCUT2D eigenvalue weighted by molar-refractivity contribution is 8.00. The standard InChI is InChI=1S/C14H16F3NOS/c1-2-13(8-7-12(19)18-13)9-10-3-5-11(6-4-10)20-14(15,16)17/h3-6H,2,7-9H2,1H3,(H,18,19). The van der Waals surface area contributed by atoms with Gasteiger partial charge in [-0.25, -0.2) is 0 Å². The van der Waals surface area contributed by atoms with Crippen LogP contribution in [-0.2, 0) is 11.2 Å². The molecule has 1 aromatic rings. The van der Waals surface area contributed by atoms with Gasteiger partial charge in [0, 0.05) is 16.9 Å². The number of hydrogen-bond donors (Lipinski definition) is 1. The highest BCUT2D eigenvalue weighted by Crippen LogP contribution is 2.37. The van der Waals surface area contributed by atoms with E-state index in [-0.39, 0.29) is 28.1 Å². The number of amides is 1. The van der Waals surface area contributed by atoms with Gasteiger partial charge in [-0.15, -0.1) is 0 Å². The molecule has 1 fully saturated rings. The Morgan fingerprint density at radius 3 is 2.40 bits per heavy atom. The van der Waals surface area contributed by atoms with Crippen molar-refractivity contribution in [2.75, 3.05) is 0 Å². The van der Waals surface area contributed by atoms with Crippen LogP contribution in [-0.4, -0.2) is 17.0 Å². The summed E-state index contributed by atoms with van der Waals surface area (Å²) < 4.78 is 36.7. The van der Waals surface area contributed by atoms with Crippen LogP contribution >= 0.6 is 11.8 Å². The third-order valence-corrected chi connectivity index (χ3v) is 4.35. The van der Waals surface area contributed by atoms with Crippen LogP contribution in [0.25, 0.3) is 0 Å². The molecule has 20 heavy (non-hydrogen) atoms. The number of alkyl halides is 3. The van der Waals surface area contributed by atoms with Crippen molar-refractivity contribution in [2.45, 2.75) is 48.5 Å². The Bertz CT molecular complexity index is 486. The lowest BCUT2D eigenvalue weighted by Gasteiger charge is -2.28. The Morgan fingerprint density at radius 2 is 1.95 bits per heavy atom. The molecule has 0 aromatic heterocycles. The minimum Gasteiger partial charge on any atom is -0.350 e. The summed E-state index contributed by atoms with van der Waals surface area (Å²) in [6, 6.07) is 6.37. The molecule has 2 rings (SSSR count). The molecule has 1 saturated heterocycles. The van der Waals surface area contributed by atoms with Crippen molar-refractivity contribution in [3.8, 4) is 0 Å². The Hall–Kier alpha value is -1.17. The van der Waals surface area contributed by atoms with Crippen LogP contribution in [0.15, 0.2) is 29.2 Å². The SMILES string of the molecule is CCC1(Cc2ccc(SC(F)(F)F)cc2)CCC(=O)N1. The quantitative estimate of drug-likeness (QED) is 0.855. The van der Waals surface area contributed by atoms with Gasteiger partial charge in [0.2, 0.25) is 5.91 Å². The number of hydrogen-bond acceptors (Lipinski definition) is 2. The van der Waals surface area contributed by atoms with E-state index >= 15 is 0 Å². The summed E-state index contributed by atoms with van der Waals surface area (Å²) in [5.74, 6) is 0.0519. The van der Waals surface area contributed by atoms with Gasteiger partial charge in [0.05, 0.1) is 0 Å². The highest BCUT2D eigenvalue weighted by Gasteiger charge is 2.36. The second-order valence-electron chi connectivity index (χ2n) is 5.05.